The summed E-state index contributed by atoms with van der Waals surface area (Å²) in [6.45, 7) is 0. The van der Waals surface area contributed by atoms with Crippen LogP contribution in [0, 0.1) is 0 Å². The zero-order valence-electron chi connectivity index (χ0n) is 16.1. The summed E-state index contributed by atoms with van der Waals surface area (Å²) in [6.07, 6.45) is 7.84. The third-order valence-electron chi connectivity index (χ3n) is 4.87. The van der Waals surface area contributed by atoms with Crippen LogP contribution in [-0.4, -0.2) is 30.0 Å². The number of rotatable bonds is 6. The average Bonchev–Trinajstić information content (AvgIpc) is 2.73. The molecular weight excluding hydrogens is 352 g/mol. The summed E-state index contributed by atoms with van der Waals surface area (Å²) >= 11 is 0. The molecule has 5 nitrogen and oxygen atoms in total. The van der Waals surface area contributed by atoms with Gasteiger partial charge in [-0.15, -0.1) is 0 Å². The number of nitrogens with zero attached hydrogens (tertiary/aromatic N) is 1. The third kappa shape index (κ3) is 5.71. The fourth-order valence-electron chi connectivity index (χ4n) is 3.33. The molecule has 146 valence electrons. The minimum atomic E-state index is -0.487. The highest BCUT2D eigenvalue weighted by Gasteiger charge is 2.17. The first-order chi connectivity index (χ1) is 13.6. The van der Waals surface area contributed by atoms with Crippen molar-refractivity contribution in [2.45, 2.75) is 38.1 Å². The van der Waals surface area contributed by atoms with Crippen LogP contribution in [0.3, 0.4) is 0 Å². The first kappa shape index (κ1) is 19.7. The van der Waals surface area contributed by atoms with E-state index in [1.807, 2.05) is 42.5 Å². The molecule has 5 heteroatoms. The number of hydroxylamine groups is 2. The summed E-state index contributed by atoms with van der Waals surface area (Å²) in [5.41, 5.74) is 2.74. The van der Waals surface area contributed by atoms with Gasteiger partial charge in [0, 0.05) is 30.9 Å². The van der Waals surface area contributed by atoms with Gasteiger partial charge in [0.15, 0.2) is 5.78 Å². The van der Waals surface area contributed by atoms with E-state index < -0.39 is 6.09 Å². The van der Waals surface area contributed by atoms with Gasteiger partial charge in [0.2, 0.25) is 0 Å². The smallest absolute Gasteiger partial charge is 0.322 e. The van der Waals surface area contributed by atoms with Crippen molar-refractivity contribution in [3.63, 3.8) is 0 Å². The van der Waals surface area contributed by atoms with E-state index in [4.69, 9.17) is 4.84 Å². The molecule has 0 radical (unpaired) electrons. The topological polar surface area (TPSA) is 58.6 Å². The first-order valence-corrected chi connectivity index (χ1v) is 9.71. The fourth-order valence-corrected chi connectivity index (χ4v) is 3.33. The van der Waals surface area contributed by atoms with Crippen molar-refractivity contribution in [3.05, 3.63) is 72.4 Å². The van der Waals surface area contributed by atoms with Crippen molar-refractivity contribution in [1.29, 1.82) is 0 Å². The Kier molecular flexibility index (Phi) is 6.84. The molecule has 3 rings (SSSR count). The highest BCUT2D eigenvalue weighted by Crippen LogP contribution is 2.20. The molecule has 1 N–H and O–H groups in total. The number of hydrogen-bond donors (Lipinski definition) is 1. The van der Waals surface area contributed by atoms with E-state index in [9.17, 15) is 9.59 Å². The van der Waals surface area contributed by atoms with Crippen molar-refractivity contribution in [3.8, 4) is 11.1 Å². The normalized spacial score (nSPS) is 14.6. The number of ketones is 1. The van der Waals surface area contributed by atoms with Gasteiger partial charge in [-0.1, -0.05) is 73.9 Å². The molecule has 0 aliphatic heterocycles. The first-order valence-electron chi connectivity index (χ1n) is 9.71. The molecule has 0 saturated heterocycles. The summed E-state index contributed by atoms with van der Waals surface area (Å²) in [5, 5.41) is 4.11. The number of carbonyl (C=O) groups is 2. The maximum absolute atomic E-state index is 12.3. The lowest BCUT2D eigenvalue weighted by Gasteiger charge is -2.23. The summed E-state index contributed by atoms with van der Waals surface area (Å²) < 4.78 is 0. The van der Waals surface area contributed by atoms with Crippen LogP contribution in [0.15, 0.2) is 66.9 Å². The second-order valence-electron chi connectivity index (χ2n) is 7.03. The van der Waals surface area contributed by atoms with E-state index >= 15 is 0 Å². The van der Waals surface area contributed by atoms with Crippen LogP contribution in [0.1, 0.15) is 42.5 Å². The lowest BCUT2D eigenvalue weighted by Crippen LogP contribution is -2.38. The van der Waals surface area contributed by atoms with E-state index in [1.54, 1.807) is 19.2 Å². The maximum atomic E-state index is 12.3. The van der Waals surface area contributed by atoms with Crippen LogP contribution in [0.2, 0.25) is 0 Å². The van der Waals surface area contributed by atoms with Gasteiger partial charge >= 0.3 is 6.09 Å². The molecule has 1 saturated carbocycles. The summed E-state index contributed by atoms with van der Waals surface area (Å²) in [7, 11) is 1.59. The van der Waals surface area contributed by atoms with Gasteiger partial charge in [0.25, 0.3) is 0 Å². The molecule has 0 bridgehead atoms. The Morgan fingerprint density at radius 3 is 2.29 bits per heavy atom. The molecule has 1 amide bonds. The van der Waals surface area contributed by atoms with E-state index in [0.29, 0.717) is 5.56 Å². The number of amides is 1. The molecule has 2 aromatic rings. The number of benzene rings is 2. The summed E-state index contributed by atoms with van der Waals surface area (Å²) in [4.78, 5) is 29.4. The molecule has 2 aromatic carbocycles. The summed E-state index contributed by atoms with van der Waals surface area (Å²) in [6, 6.07) is 17.6. The minimum absolute atomic E-state index is 0.150. The van der Waals surface area contributed by atoms with Gasteiger partial charge in [-0.05, 0) is 24.0 Å². The molecule has 0 heterocycles. The fraction of sp³-hybridized carbons (Fsp3) is 0.304. The molecule has 28 heavy (non-hydrogen) atoms. The molecule has 1 fully saturated rings. The van der Waals surface area contributed by atoms with Crippen molar-refractivity contribution in [2.75, 3.05) is 7.05 Å². The lowest BCUT2D eigenvalue weighted by atomic mass is 9.96. The quantitative estimate of drug-likeness (QED) is 0.439. The Balaban J connectivity index is 1.50. The van der Waals surface area contributed by atoms with Crippen LogP contribution in [0.25, 0.3) is 11.1 Å². The summed E-state index contributed by atoms with van der Waals surface area (Å²) in [5.74, 6) is -0.150. The van der Waals surface area contributed by atoms with Crippen molar-refractivity contribution < 1.29 is 14.4 Å². The molecule has 1 aliphatic carbocycles. The predicted octanol–water partition coefficient (Wildman–Crippen LogP) is 4.96. The Morgan fingerprint density at radius 1 is 0.964 bits per heavy atom. The number of allylic oxidation sites excluding steroid dienone is 1. The monoisotopic (exact) mass is 378 g/mol. The van der Waals surface area contributed by atoms with Crippen molar-refractivity contribution >= 4 is 11.9 Å². The number of carbonyl (C=O) groups excluding carboxylic acids is 2. The molecule has 0 atom stereocenters. The van der Waals surface area contributed by atoms with Crippen LogP contribution >= 0.6 is 0 Å². The standard InChI is InChI=1S/C23H26N2O3/c1-25(28-23(27)24-21-10-6-3-7-11-21)17-16-22(26)20-14-12-19(13-15-20)18-8-4-2-5-9-18/h2,4-5,8-9,12-17,21H,3,6-7,10-11H2,1H3,(H,24,27)/b17-16+. The SMILES string of the molecule is CN(/C=C/C(=O)c1ccc(-c2ccccc2)cc1)OC(=O)NC1CCCCC1. The average molecular weight is 378 g/mol. The number of nitrogens with one attached hydrogen (secondary N) is 1. The van der Waals surface area contributed by atoms with Gasteiger partial charge in [0.05, 0.1) is 0 Å². The Bertz CT molecular complexity index is 810. The molecular formula is C23H26N2O3. The molecule has 0 aromatic heterocycles. The van der Waals surface area contributed by atoms with Crippen LogP contribution in [-0.2, 0) is 4.84 Å². The van der Waals surface area contributed by atoms with Crippen LogP contribution in [0.4, 0.5) is 4.79 Å². The lowest BCUT2D eigenvalue weighted by molar-refractivity contribution is -0.0370. The second-order valence-corrected chi connectivity index (χ2v) is 7.03. The minimum Gasteiger partial charge on any atom is -0.322 e. The zero-order valence-corrected chi connectivity index (χ0v) is 16.1. The molecule has 0 spiro atoms. The highest BCUT2D eigenvalue weighted by molar-refractivity contribution is 6.04. The third-order valence-corrected chi connectivity index (χ3v) is 4.87. The molecule has 1 aliphatic rings. The Morgan fingerprint density at radius 2 is 1.61 bits per heavy atom. The van der Waals surface area contributed by atoms with Crippen LogP contribution < -0.4 is 5.32 Å². The van der Waals surface area contributed by atoms with Gasteiger partial charge in [-0.3, -0.25) is 4.79 Å². The molecule has 0 unspecified atom stereocenters. The number of hydrogen-bond acceptors (Lipinski definition) is 4. The van der Waals surface area contributed by atoms with Gasteiger partial charge in [-0.25, -0.2) is 9.86 Å². The van der Waals surface area contributed by atoms with Gasteiger partial charge in [0.1, 0.15) is 0 Å². The van der Waals surface area contributed by atoms with Crippen molar-refractivity contribution in [2.24, 2.45) is 0 Å². The van der Waals surface area contributed by atoms with E-state index in [0.717, 1.165) is 36.8 Å². The largest absolute Gasteiger partial charge is 0.431 e. The maximum Gasteiger partial charge on any atom is 0.431 e. The predicted molar refractivity (Wildman–Crippen MR) is 110 cm³/mol. The van der Waals surface area contributed by atoms with E-state index in [2.05, 4.69) is 5.32 Å². The van der Waals surface area contributed by atoms with Crippen LogP contribution in [0.5, 0.6) is 0 Å². The Hall–Kier alpha value is -3.08. The van der Waals surface area contributed by atoms with Gasteiger partial charge < -0.3 is 10.2 Å². The van der Waals surface area contributed by atoms with E-state index in [-0.39, 0.29) is 11.8 Å². The van der Waals surface area contributed by atoms with E-state index in [1.165, 1.54) is 23.8 Å². The highest BCUT2D eigenvalue weighted by atomic mass is 16.7. The van der Waals surface area contributed by atoms with Crippen molar-refractivity contribution in [1.82, 2.24) is 10.4 Å². The second kappa shape index (κ2) is 9.74. The Labute approximate surface area is 166 Å². The van der Waals surface area contributed by atoms with Gasteiger partial charge in [-0.2, -0.15) is 0 Å². The zero-order chi connectivity index (χ0) is 19.8.